The fourth-order valence-corrected chi connectivity index (χ4v) is 2.41. The summed E-state index contributed by atoms with van der Waals surface area (Å²) in [7, 11) is 0. The van der Waals surface area contributed by atoms with Gasteiger partial charge in [-0.15, -0.1) is 0 Å². The standard InChI is InChI=1S/C17H17ClN2O/c1-3-19-16-20-15-10-9-13(18)11-14(15)17(2,21-16)12-7-5-4-6-8-12/h4-11H,3H2,1-2H3,(H,19,20)/i3D2,4D,5D,6D,7D,8D. The third-order valence-corrected chi connectivity index (χ3v) is 3.46. The molecule has 0 saturated heterocycles. The number of amidine groups is 1. The van der Waals surface area contributed by atoms with Crippen molar-refractivity contribution in [2.24, 2.45) is 4.99 Å². The fraction of sp³-hybridized carbons (Fsp3) is 0.235. The molecule has 1 unspecified atom stereocenters. The molecule has 0 amide bonds. The molecule has 0 fully saturated rings. The van der Waals surface area contributed by atoms with Crippen molar-refractivity contribution in [1.29, 1.82) is 0 Å². The van der Waals surface area contributed by atoms with Crippen molar-refractivity contribution in [3.8, 4) is 0 Å². The minimum absolute atomic E-state index is 0.0899. The number of halogens is 1. The Kier molecular flexibility index (Phi) is 2.02. The molecule has 0 bridgehead atoms. The lowest BCUT2D eigenvalue weighted by Crippen LogP contribution is -2.39. The van der Waals surface area contributed by atoms with Crippen molar-refractivity contribution >= 4 is 23.3 Å². The van der Waals surface area contributed by atoms with E-state index in [2.05, 4.69) is 10.3 Å². The van der Waals surface area contributed by atoms with Gasteiger partial charge in [0, 0.05) is 22.8 Å². The van der Waals surface area contributed by atoms with E-state index in [9.17, 15) is 0 Å². The van der Waals surface area contributed by atoms with Gasteiger partial charge in [-0.05, 0) is 37.6 Å². The maximum atomic E-state index is 8.32. The van der Waals surface area contributed by atoms with Gasteiger partial charge in [-0.1, -0.05) is 41.8 Å². The van der Waals surface area contributed by atoms with E-state index in [0.717, 1.165) is 0 Å². The molecule has 4 heteroatoms. The predicted molar refractivity (Wildman–Crippen MR) is 87.0 cm³/mol. The van der Waals surface area contributed by atoms with Crippen molar-refractivity contribution in [2.45, 2.75) is 19.4 Å². The maximum Gasteiger partial charge on any atom is 0.290 e. The number of benzene rings is 2. The number of nitrogens with one attached hydrogen (secondary N) is 1. The third kappa shape index (κ3) is 2.49. The second-order valence-electron chi connectivity index (χ2n) is 4.59. The SMILES string of the molecule is [2H]c1c([2H])c([2H])c(C2(C)OC(=NC([2H])([2H])C)Nc3ccc(Cl)cc32)c([2H])c1[2H]. The normalized spacial score (nSPS) is 27.8. The summed E-state index contributed by atoms with van der Waals surface area (Å²) in [5, 5.41) is 3.23. The Morgan fingerprint density at radius 3 is 2.86 bits per heavy atom. The Balaban J connectivity index is 2.36. The van der Waals surface area contributed by atoms with Crippen LogP contribution in [0.3, 0.4) is 0 Å². The van der Waals surface area contributed by atoms with Crippen LogP contribution in [-0.2, 0) is 10.3 Å². The van der Waals surface area contributed by atoms with Crippen molar-refractivity contribution in [1.82, 2.24) is 0 Å². The van der Waals surface area contributed by atoms with Gasteiger partial charge in [0.25, 0.3) is 6.02 Å². The van der Waals surface area contributed by atoms with Gasteiger partial charge in [0.05, 0.1) is 9.60 Å². The number of ether oxygens (including phenoxy) is 1. The number of anilines is 1. The molecule has 1 aliphatic heterocycles. The lowest BCUT2D eigenvalue weighted by Gasteiger charge is -2.38. The van der Waals surface area contributed by atoms with Gasteiger partial charge in [-0.3, -0.25) is 0 Å². The third-order valence-electron chi connectivity index (χ3n) is 3.23. The summed E-state index contributed by atoms with van der Waals surface area (Å²) in [6.07, 6.45) is 0. The quantitative estimate of drug-likeness (QED) is 0.891. The summed E-state index contributed by atoms with van der Waals surface area (Å²) in [5.41, 5.74) is -0.724. The Bertz CT molecular complexity index is 977. The molecular weight excluding hydrogens is 284 g/mol. The number of rotatable bonds is 2. The molecule has 0 aromatic heterocycles. The van der Waals surface area contributed by atoms with Crippen LogP contribution in [0, 0.1) is 0 Å². The van der Waals surface area contributed by atoms with Crippen molar-refractivity contribution in [3.05, 3.63) is 64.6 Å². The largest absolute Gasteiger partial charge is 0.449 e. The van der Waals surface area contributed by atoms with Gasteiger partial charge in [-0.2, -0.15) is 0 Å². The van der Waals surface area contributed by atoms with Crippen LogP contribution in [0.5, 0.6) is 0 Å². The van der Waals surface area contributed by atoms with E-state index in [4.69, 9.17) is 25.9 Å². The van der Waals surface area contributed by atoms with Crippen LogP contribution in [0.4, 0.5) is 5.69 Å². The lowest BCUT2D eigenvalue weighted by molar-refractivity contribution is 0.112. The van der Waals surface area contributed by atoms with Crippen LogP contribution in [0.15, 0.2) is 53.4 Å². The highest BCUT2D eigenvalue weighted by molar-refractivity contribution is 6.30. The van der Waals surface area contributed by atoms with Gasteiger partial charge in [0.1, 0.15) is 0 Å². The summed E-state index contributed by atoms with van der Waals surface area (Å²) in [6, 6.07) is 2.31. The molecule has 0 aliphatic carbocycles. The summed E-state index contributed by atoms with van der Waals surface area (Å²) in [4.78, 5) is 3.86. The van der Waals surface area contributed by atoms with Crippen LogP contribution in [0.25, 0.3) is 0 Å². The highest BCUT2D eigenvalue weighted by Gasteiger charge is 2.38. The average Bonchev–Trinajstić information content (AvgIpc) is 2.57. The summed E-state index contributed by atoms with van der Waals surface area (Å²) in [6.45, 7) is 0.828. The molecule has 0 radical (unpaired) electrons. The first kappa shape index (κ1) is 7.85. The van der Waals surface area contributed by atoms with Gasteiger partial charge in [0.15, 0.2) is 5.60 Å². The van der Waals surface area contributed by atoms with Crippen LogP contribution in [0.1, 0.15) is 34.6 Å². The Hall–Kier alpha value is -2.00. The average molecular weight is 308 g/mol. The van der Waals surface area contributed by atoms with E-state index in [1.807, 2.05) is 0 Å². The minimum Gasteiger partial charge on any atom is -0.449 e. The summed E-state index contributed by atoms with van der Waals surface area (Å²) >= 11 is 6.13. The zero-order valence-corrected chi connectivity index (χ0v) is 12.2. The molecular formula is C17H17ClN2O. The van der Waals surface area contributed by atoms with E-state index in [1.165, 1.54) is 13.8 Å². The lowest BCUT2D eigenvalue weighted by atomic mass is 9.86. The van der Waals surface area contributed by atoms with Crippen LogP contribution in [0.2, 0.25) is 5.02 Å². The number of fused-ring (bicyclic) bond motifs is 1. The topological polar surface area (TPSA) is 33.6 Å². The molecule has 21 heavy (non-hydrogen) atoms. The second-order valence-corrected chi connectivity index (χ2v) is 5.03. The molecule has 0 spiro atoms. The molecule has 1 N–H and O–H groups in total. The molecule has 1 atom stereocenters. The number of nitrogens with zero attached hydrogens (tertiary/aromatic N) is 1. The molecule has 1 aliphatic rings. The van der Waals surface area contributed by atoms with Gasteiger partial charge in [-0.25, -0.2) is 4.99 Å². The molecule has 3 nitrogen and oxygen atoms in total. The van der Waals surface area contributed by atoms with Crippen molar-refractivity contribution < 1.29 is 14.3 Å². The smallest absolute Gasteiger partial charge is 0.290 e. The van der Waals surface area contributed by atoms with Crippen molar-refractivity contribution in [2.75, 3.05) is 11.8 Å². The van der Waals surface area contributed by atoms with Crippen molar-refractivity contribution in [3.63, 3.8) is 0 Å². The molecule has 2 aromatic rings. The van der Waals surface area contributed by atoms with E-state index >= 15 is 0 Å². The van der Waals surface area contributed by atoms with E-state index in [-0.39, 0.29) is 11.6 Å². The zero-order valence-electron chi connectivity index (χ0n) is 18.5. The summed E-state index contributed by atoms with van der Waals surface area (Å²) in [5.74, 6) is 0. The van der Waals surface area contributed by atoms with E-state index in [1.54, 1.807) is 18.2 Å². The molecule has 2 aromatic carbocycles. The maximum absolute atomic E-state index is 8.32. The van der Waals surface area contributed by atoms with Gasteiger partial charge in [0.2, 0.25) is 0 Å². The van der Waals surface area contributed by atoms with Crippen LogP contribution < -0.4 is 5.32 Å². The first-order chi connectivity index (χ1) is 12.8. The Morgan fingerprint density at radius 1 is 1.38 bits per heavy atom. The second kappa shape index (κ2) is 5.41. The number of hydrogen-bond acceptors (Lipinski definition) is 2. The minimum atomic E-state index is -1.95. The number of aliphatic imine (C=N–C) groups is 1. The van der Waals surface area contributed by atoms with Crippen LogP contribution >= 0.6 is 11.6 Å². The molecule has 1 heterocycles. The Morgan fingerprint density at radius 2 is 2.14 bits per heavy atom. The monoisotopic (exact) mass is 307 g/mol. The fourth-order valence-electron chi connectivity index (χ4n) is 2.24. The highest BCUT2D eigenvalue weighted by Crippen LogP contribution is 2.41. The number of hydrogen-bond donors (Lipinski definition) is 1. The molecule has 108 valence electrons. The molecule has 3 rings (SSSR count). The van der Waals surface area contributed by atoms with E-state index in [0.29, 0.717) is 16.3 Å². The predicted octanol–water partition coefficient (Wildman–Crippen LogP) is 4.42. The van der Waals surface area contributed by atoms with Crippen LogP contribution in [-0.4, -0.2) is 12.5 Å². The Labute approximate surface area is 139 Å². The molecule has 0 saturated carbocycles. The first-order valence-corrected chi connectivity index (χ1v) is 6.66. The first-order valence-electron chi connectivity index (χ1n) is 9.78. The summed E-state index contributed by atoms with van der Waals surface area (Å²) < 4.78 is 61.6. The van der Waals surface area contributed by atoms with Gasteiger partial charge < -0.3 is 10.1 Å². The van der Waals surface area contributed by atoms with E-state index < -0.39 is 42.3 Å². The zero-order chi connectivity index (χ0) is 21.0. The van der Waals surface area contributed by atoms with Gasteiger partial charge >= 0.3 is 0 Å². The highest BCUT2D eigenvalue weighted by atomic mass is 35.5.